The van der Waals surface area contributed by atoms with Gasteiger partial charge in [-0.15, -0.1) is 0 Å². The molecule has 1 aromatic heterocycles. The summed E-state index contributed by atoms with van der Waals surface area (Å²) in [5.41, 5.74) is -2.23. The zero-order valence-corrected chi connectivity index (χ0v) is 20.8. The third-order valence-electron chi connectivity index (χ3n) is 7.58. The second-order valence-electron chi connectivity index (χ2n) is 9.73. The van der Waals surface area contributed by atoms with Crippen molar-refractivity contribution >= 4 is 28.8 Å². The average Bonchev–Trinajstić information content (AvgIpc) is 3.43. The minimum atomic E-state index is -5.04. The molecular weight excluding hydrogens is 519 g/mol. The highest BCUT2D eigenvalue weighted by molar-refractivity contribution is 7.17. The van der Waals surface area contributed by atoms with Gasteiger partial charge in [-0.25, -0.2) is 13.8 Å². The summed E-state index contributed by atoms with van der Waals surface area (Å²) in [5, 5.41) is 0. The van der Waals surface area contributed by atoms with Gasteiger partial charge in [0.05, 0.1) is 6.20 Å². The van der Waals surface area contributed by atoms with Gasteiger partial charge in [0.2, 0.25) is 5.67 Å². The molecule has 2 heterocycles. The number of carbonyl (C=O) groups excluding carboxylic acids is 1. The molecule has 2 aliphatic rings. The quantitative estimate of drug-likeness (QED) is 0.338. The Morgan fingerprint density at radius 3 is 2.56 bits per heavy atom. The van der Waals surface area contributed by atoms with Gasteiger partial charge in [-0.3, -0.25) is 4.79 Å². The van der Waals surface area contributed by atoms with Crippen molar-refractivity contribution in [3.8, 4) is 0 Å². The van der Waals surface area contributed by atoms with E-state index in [0.717, 1.165) is 22.5 Å². The fourth-order valence-corrected chi connectivity index (χ4v) is 6.55. The number of halogens is 6. The molecule has 0 saturated carbocycles. The van der Waals surface area contributed by atoms with Gasteiger partial charge in [0.1, 0.15) is 10.7 Å². The molecule has 10 heteroatoms. The lowest BCUT2D eigenvalue weighted by Crippen LogP contribution is -2.42. The number of nitrogens with zero attached hydrogens (tertiary/aromatic N) is 2. The summed E-state index contributed by atoms with van der Waals surface area (Å²) in [6, 6.07) is 10.2. The number of thiazole rings is 1. The summed E-state index contributed by atoms with van der Waals surface area (Å²) < 4.78 is 68.8. The lowest BCUT2D eigenvalue weighted by Gasteiger charge is -2.41. The van der Waals surface area contributed by atoms with E-state index in [1.54, 1.807) is 23.1 Å². The largest absolute Gasteiger partial charge is 0.426 e. The second-order valence-corrected chi connectivity index (χ2v) is 11.3. The Balaban J connectivity index is 1.57. The van der Waals surface area contributed by atoms with Gasteiger partial charge >= 0.3 is 6.18 Å². The molecule has 3 nitrogen and oxygen atoms in total. The maximum atomic E-state index is 14.8. The number of hydrogen-bond acceptors (Lipinski definition) is 3. The zero-order chi connectivity index (χ0) is 25.9. The molecule has 3 unspecified atom stereocenters. The van der Waals surface area contributed by atoms with Crippen molar-refractivity contribution in [3.05, 3.63) is 86.1 Å². The number of rotatable bonds is 4. The van der Waals surface area contributed by atoms with Crippen molar-refractivity contribution in [1.82, 2.24) is 9.88 Å². The number of aromatic nitrogens is 1. The van der Waals surface area contributed by atoms with Crippen molar-refractivity contribution < 1.29 is 26.7 Å². The Morgan fingerprint density at radius 2 is 1.92 bits per heavy atom. The molecule has 0 N–H and O–H groups in total. The number of aryl methyl sites for hydroxylation is 1. The van der Waals surface area contributed by atoms with Crippen LogP contribution in [0, 0.1) is 11.7 Å². The van der Waals surface area contributed by atoms with Crippen molar-refractivity contribution in [1.29, 1.82) is 0 Å². The van der Waals surface area contributed by atoms with Crippen LogP contribution in [0.5, 0.6) is 0 Å². The van der Waals surface area contributed by atoms with Gasteiger partial charge in [0.25, 0.3) is 5.91 Å². The van der Waals surface area contributed by atoms with Gasteiger partial charge in [-0.05, 0) is 66.5 Å². The van der Waals surface area contributed by atoms with E-state index >= 15 is 0 Å². The van der Waals surface area contributed by atoms with Crippen LogP contribution in [0.25, 0.3) is 0 Å². The second kappa shape index (κ2) is 8.80. The molecule has 2 aromatic carbocycles. The van der Waals surface area contributed by atoms with Crippen LogP contribution in [-0.2, 0) is 23.9 Å². The number of benzene rings is 2. The lowest BCUT2D eigenvalue weighted by molar-refractivity contribution is -0.228. The Hall–Kier alpha value is -2.52. The monoisotopic (exact) mass is 540 g/mol. The van der Waals surface area contributed by atoms with Crippen LogP contribution in [0.15, 0.2) is 48.7 Å². The summed E-state index contributed by atoms with van der Waals surface area (Å²) >= 11 is 7.01. The lowest BCUT2D eigenvalue weighted by atomic mass is 9.62. The first-order valence-electron chi connectivity index (χ1n) is 11.5. The first kappa shape index (κ1) is 25.1. The van der Waals surface area contributed by atoms with Crippen LogP contribution in [0.2, 0.25) is 4.47 Å². The van der Waals surface area contributed by atoms with Crippen molar-refractivity contribution in [2.45, 2.75) is 43.4 Å². The van der Waals surface area contributed by atoms with Crippen molar-refractivity contribution in [2.75, 3.05) is 13.1 Å². The maximum absolute atomic E-state index is 14.8. The Morgan fingerprint density at radius 1 is 1.19 bits per heavy atom. The van der Waals surface area contributed by atoms with Crippen LogP contribution in [0.1, 0.15) is 45.3 Å². The smallest absolute Gasteiger partial charge is 0.337 e. The minimum absolute atomic E-state index is 0.0209. The predicted octanol–water partition coefficient (Wildman–Crippen LogP) is 6.88. The summed E-state index contributed by atoms with van der Waals surface area (Å²) in [6.45, 7) is 1.31. The maximum Gasteiger partial charge on any atom is 0.426 e. The highest BCUT2D eigenvalue weighted by Crippen LogP contribution is 2.51. The van der Waals surface area contributed by atoms with Gasteiger partial charge in [-0.1, -0.05) is 53.3 Å². The molecule has 1 aliphatic heterocycles. The highest BCUT2D eigenvalue weighted by atomic mass is 35.5. The Labute approximate surface area is 213 Å². The first-order chi connectivity index (χ1) is 16.9. The summed E-state index contributed by atoms with van der Waals surface area (Å²) in [7, 11) is 0. The van der Waals surface area contributed by atoms with Crippen LogP contribution in [0.4, 0.5) is 22.0 Å². The van der Waals surface area contributed by atoms with E-state index in [2.05, 4.69) is 4.98 Å². The van der Waals surface area contributed by atoms with E-state index in [4.69, 9.17) is 11.6 Å². The molecule has 36 heavy (non-hydrogen) atoms. The topological polar surface area (TPSA) is 33.2 Å². The summed E-state index contributed by atoms with van der Waals surface area (Å²) in [4.78, 5) is 19.4. The molecule has 3 aromatic rings. The molecular formula is C26H22ClF5N2OS. The molecule has 5 rings (SSSR count). The van der Waals surface area contributed by atoms with Crippen LogP contribution < -0.4 is 0 Å². The molecule has 0 radical (unpaired) electrons. The standard InChI is InChI=1S/C26H22ClF5N2OS/c1-24(29,26(30,31)32)17-6-9-20-16(10-17)4-5-18-13-34(22(35)21-12-33-23(27)36-21)14-25(18,20)11-15-2-7-19(28)8-3-15/h2-3,6-10,12,18H,4-5,11,13-14H2,1H3. The number of amides is 1. The third kappa shape index (κ3) is 4.20. The van der Waals surface area contributed by atoms with Crippen LogP contribution >= 0.6 is 22.9 Å². The molecule has 1 fully saturated rings. The average molecular weight is 541 g/mol. The number of hydrogen-bond donors (Lipinski definition) is 0. The molecule has 1 saturated heterocycles. The number of alkyl halides is 4. The number of likely N-dealkylation sites (tertiary alicyclic amines) is 1. The predicted molar refractivity (Wildman–Crippen MR) is 128 cm³/mol. The van der Waals surface area contributed by atoms with Crippen LogP contribution in [-0.4, -0.2) is 35.1 Å². The van der Waals surface area contributed by atoms with Crippen molar-refractivity contribution in [2.24, 2.45) is 5.92 Å². The first-order valence-corrected chi connectivity index (χ1v) is 12.6. The molecule has 0 spiro atoms. The van der Waals surface area contributed by atoms with Crippen molar-refractivity contribution in [3.63, 3.8) is 0 Å². The van der Waals surface area contributed by atoms with Gasteiger partial charge in [0.15, 0.2) is 4.47 Å². The number of fused-ring (bicyclic) bond motifs is 3. The Kier molecular flexibility index (Phi) is 6.15. The minimum Gasteiger partial charge on any atom is -0.337 e. The van der Waals surface area contributed by atoms with Gasteiger partial charge < -0.3 is 4.90 Å². The van der Waals surface area contributed by atoms with E-state index in [9.17, 15) is 26.7 Å². The van der Waals surface area contributed by atoms with Gasteiger partial charge in [-0.2, -0.15) is 13.2 Å². The fraction of sp³-hybridized carbons (Fsp3) is 0.385. The molecule has 0 bridgehead atoms. The SMILES string of the molecule is CC(F)(c1ccc2c(c1)CCC1CN(C(=O)c3cnc(Cl)s3)CC21Cc1ccc(F)cc1)C(F)(F)F. The zero-order valence-electron chi connectivity index (χ0n) is 19.2. The Bertz CT molecular complexity index is 1310. The third-order valence-corrected chi connectivity index (χ3v) is 8.68. The van der Waals surface area contributed by atoms with Crippen LogP contribution in [0.3, 0.4) is 0 Å². The van der Waals surface area contributed by atoms with Gasteiger partial charge in [0, 0.05) is 18.5 Å². The molecule has 1 amide bonds. The normalized spacial score (nSPS) is 23.2. The highest BCUT2D eigenvalue weighted by Gasteiger charge is 2.55. The summed E-state index contributed by atoms with van der Waals surface area (Å²) in [5.74, 6) is -0.562. The summed E-state index contributed by atoms with van der Waals surface area (Å²) in [6.07, 6.45) is -2.05. The van der Waals surface area contributed by atoms with E-state index in [1.807, 2.05) is 0 Å². The molecule has 3 atom stereocenters. The van der Waals surface area contributed by atoms with E-state index < -0.39 is 22.8 Å². The van der Waals surface area contributed by atoms with E-state index in [1.165, 1.54) is 30.5 Å². The molecule has 1 aliphatic carbocycles. The van der Waals surface area contributed by atoms with E-state index in [0.29, 0.717) is 49.7 Å². The fourth-order valence-electron chi connectivity index (χ4n) is 5.64. The van der Waals surface area contributed by atoms with E-state index in [-0.39, 0.29) is 22.1 Å². The molecule has 190 valence electrons. The number of carbonyl (C=O) groups is 1.